The first kappa shape index (κ1) is 14.4. The van der Waals surface area contributed by atoms with Crippen molar-refractivity contribution in [1.82, 2.24) is 15.1 Å². The smallest absolute Gasteiger partial charge is 0.161 e. The number of hydrogen-bond donors (Lipinski definition) is 1. The van der Waals surface area contributed by atoms with E-state index in [2.05, 4.69) is 10.4 Å². The molecule has 0 aliphatic rings. The van der Waals surface area contributed by atoms with Crippen LogP contribution >= 0.6 is 0 Å². The van der Waals surface area contributed by atoms with Gasteiger partial charge in [0.25, 0.3) is 0 Å². The lowest BCUT2D eigenvalue weighted by Gasteiger charge is -2.12. The zero-order valence-electron chi connectivity index (χ0n) is 12.4. The molecular weight excluding hydrogens is 254 g/mol. The lowest BCUT2D eigenvalue weighted by molar-refractivity contribution is 0.275. The van der Waals surface area contributed by atoms with Gasteiger partial charge in [-0.3, -0.25) is 4.68 Å². The van der Waals surface area contributed by atoms with Crippen LogP contribution in [-0.4, -0.2) is 23.9 Å². The third kappa shape index (κ3) is 3.30. The minimum Gasteiger partial charge on any atom is -0.493 e. The molecule has 108 valence electrons. The van der Waals surface area contributed by atoms with E-state index in [1.54, 1.807) is 7.11 Å². The zero-order valence-corrected chi connectivity index (χ0v) is 12.4. The maximum atomic E-state index is 5.84. The molecule has 1 heterocycles. The van der Waals surface area contributed by atoms with Crippen molar-refractivity contribution in [3.8, 4) is 11.5 Å². The molecule has 1 N–H and O–H groups in total. The van der Waals surface area contributed by atoms with E-state index < -0.39 is 0 Å². The van der Waals surface area contributed by atoms with Gasteiger partial charge in [-0.1, -0.05) is 6.07 Å². The molecule has 1 aromatic heterocycles. The van der Waals surface area contributed by atoms with Crippen LogP contribution in [0.1, 0.15) is 17.0 Å². The van der Waals surface area contributed by atoms with Crippen molar-refractivity contribution in [3.05, 3.63) is 41.2 Å². The second kappa shape index (κ2) is 6.43. The number of rotatable bonds is 6. The summed E-state index contributed by atoms with van der Waals surface area (Å²) in [6.07, 6.45) is 0. The fourth-order valence-corrected chi connectivity index (χ4v) is 2.10. The van der Waals surface area contributed by atoms with Crippen molar-refractivity contribution >= 4 is 0 Å². The standard InChI is InChI=1S/C15H21N3O2/c1-11-7-13(18(3)17-11)10-20-14-6-5-12(9-16-2)8-15(14)19-4/h5-8,16H,9-10H2,1-4H3. The lowest BCUT2D eigenvalue weighted by Crippen LogP contribution is -2.06. The number of nitrogens with zero attached hydrogens (tertiary/aromatic N) is 2. The minimum atomic E-state index is 0.471. The summed E-state index contributed by atoms with van der Waals surface area (Å²) in [6.45, 7) is 3.24. The number of aromatic nitrogens is 2. The van der Waals surface area contributed by atoms with E-state index in [9.17, 15) is 0 Å². The topological polar surface area (TPSA) is 48.3 Å². The summed E-state index contributed by atoms with van der Waals surface area (Å²) in [7, 11) is 5.49. The van der Waals surface area contributed by atoms with E-state index in [-0.39, 0.29) is 0 Å². The van der Waals surface area contributed by atoms with Crippen molar-refractivity contribution in [1.29, 1.82) is 0 Å². The third-order valence-corrected chi connectivity index (χ3v) is 3.08. The second-order valence-corrected chi connectivity index (χ2v) is 4.70. The van der Waals surface area contributed by atoms with Crippen LogP contribution < -0.4 is 14.8 Å². The number of methoxy groups -OCH3 is 1. The van der Waals surface area contributed by atoms with E-state index in [1.165, 1.54) is 0 Å². The highest BCUT2D eigenvalue weighted by atomic mass is 16.5. The largest absolute Gasteiger partial charge is 0.493 e. The van der Waals surface area contributed by atoms with E-state index >= 15 is 0 Å². The van der Waals surface area contributed by atoms with Crippen LogP contribution in [0.3, 0.4) is 0 Å². The third-order valence-electron chi connectivity index (χ3n) is 3.08. The highest BCUT2D eigenvalue weighted by Crippen LogP contribution is 2.28. The number of hydrogen-bond acceptors (Lipinski definition) is 4. The molecule has 20 heavy (non-hydrogen) atoms. The summed E-state index contributed by atoms with van der Waals surface area (Å²) in [5, 5.41) is 7.42. The highest BCUT2D eigenvalue weighted by molar-refractivity contribution is 5.43. The van der Waals surface area contributed by atoms with Crippen molar-refractivity contribution in [3.63, 3.8) is 0 Å². The van der Waals surface area contributed by atoms with Gasteiger partial charge in [-0.25, -0.2) is 0 Å². The summed E-state index contributed by atoms with van der Waals surface area (Å²) >= 11 is 0. The SMILES string of the molecule is CNCc1ccc(OCc2cc(C)nn2C)c(OC)c1. The molecule has 0 spiro atoms. The van der Waals surface area contributed by atoms with Crippen LogP contribution in [0.5, 0.6) is 11.5 Å². The van der Waals surface area contributed by atoms with Crippen molar-refractivity contribution in [2.75, 3.05) is 14.2 Å². The molecule has 0 amide bonds. The number of aryl methyl sites for hydroxylation is 2. The molecule has 2 rings (SSSR count). The van der Waals surface area contributed by atoms with Crippen LogP contribution in [-0.2, 0) is 20.2 Å². The van der Waals surface area contributed by atoms with Gasteiger partial charge < -0.3 is 14.8 Å². The van der Waals surface area contributed by atoms with Gasteiger partial charge in [0.2, 0.25) is 0 Å². The lowest BCUT2D eigenvalue weighted by atomic mass is 10.2. The predicted molar refractivity (Wildman–Crippen MR) is 78.0 cm³/mol. The number of nitrogens with one attached hydrogen (secondary N) is 1. The van der Waals surface area contributed by atoms with Crippen LogP contribution in [0.4, 0.5) is 0 Å². The van der Waals surface area contributed by atoms with Gasteiger partial charge >= 0.3 is 0 Å². The van der Waals surface area contributed by atoms with E-state index in [1.807, 2.05) is 50.0 Å². The average molecular weight is 275 g/mol. The second-order valence-electron chi connectivity index (χ2n) is 4.70. The van der Waals surface area contributed by atoms with Crippen LogP contribution in [0.15, 0.2) is 24.3 Å². The molecular formula is C15H21N3O2. The normalized spacial score (nSPS) is 10.6. The molecule has 0 saturated carbocycles. The monoisotopic (exact) mass is 275 g/mol. The first-order valence-corrected chi connectivity index (χ1v) is 6.58. The van der Waals surface area contributed by atoms with Crippen LogP contribution in [0, 0.1) is 6.92 Å². The highest BCUT2D eigenvalue weighted by Gasteiger charge is 2.08. The van der Waals surface area contributed by atoms with E-state index in [0.717, 1.165) is 35.0 Å². The van der Waals surface area contributed by atoms with Gasteiger partial charge in [0.05, 0.1) is 18.5 Å². The molecule has 1 aromatic carbocycles. The molecule has 5 nitrogen and oxygen atoms in total. The maximum Gasteiger partial charge on any atom is 0.161 e. The Hall–Kier alpha value is -2.01. The summed E-state index contributed by atoms with van der Waals surface area (Å²) < 4.78 is 13.0. The summed E-state index contributed by atoms with van der Waals surface area (Å²) in [4.78, 5) is 0. The van der Waals surface area contributed by atoms with Crippen LogP contribution in [0.25, 0.3) is 0 Å². The number of ether oxygens (including phenoxy) is 2. The molecule has 0 saturated heterocycles. The quantitative estimate of drug-likeness (QED) is 0.876. The Morgan fingerprint density at radius 2 is 2.05 bits per heavy atom. The maximum absolute atomic E-state index is 5.84. The first-order chi connectivity index (χ1) is 9.63. The fourth-order valence-electron chi connectivity index (χ4n) is 2.10. The molecule has 5 heteroatoms. The van der Waals surface area contributed by atoms with E-state index in [0.29, 0.717) is 6.61 Å². The fraction of sp³-hybridized carbons (Fsp3) is 0.400. The van der Waals surface area contributed by atoms with Crippen molar-refractivity contribution < 1.29 is 9.47 Å². The van der Waals surface area contributed by atoms with Crippen molar-refractivity contribution in [2.24, 2.45) is 7.05 Å². The van der Waals surface area contributed by atoms with Gasteiger partial charge in [0, 0.05) is 13.6 Å². The van der Waals surface area contributed by atoms with Gasteiger partial charge in [0.1, 0.15) is 6.61 Å². The van der Waals surface area contributed by atoms with Gasteiger partial charge in [-0.2, -0.15) is 5.10 Å². The zero-order chi connectivity index (χ0) is 14.5. The van der Waals surface area contributed by atoms with E-state index in [4.69, 9.17) is 9.47 Å². The Labute approximate surface area is 119 Å². The summed E-state index contributed by atoms with van der Waals surface area (Å²) in [5.41, 5.74) is 3.18. The van der Waals surface area contributed by atoms with Gasteiger partial charge in [-0.15, -0.1) is 0 Å². The molecule has 0 aliphatic carbocycles. The molecule has 0 unspecified atom stereocenters. The Morgan fingerprint density at radius 1 is 1.25 bits per heavy atom. The Morgan fingerprint density at radius 3 is 2.65 bits per heavy atom. The van der Waals surface area contributed by atoms with Crippen molar-refractivity contribution in [2.45, 2.75) is 20.1 Å². The summed E-state index contributed by atoms with van der Waals surface area (Å²) in [5.74, 6) is 1.49. The summed E-state index contributed by atoms with van der Waals surface area (Å²) in [6, 6.07) is 7.97. The molecule has 0 aliphatic heterocycles. The molecule has 0 bridgehead atoms. The molecule has 0 fully saturated rings. The Bertz CT molecular complexity index is 578. The van der Waals surface area contributed by atoms with Crippen LogP contribution in [0.2, 0.25) is 0 Å². The molecule has 0 radical (unpaired) electrons. The van der Waals surface area contributed by atoms with Gasteiger partial charge in [-0.05, 0) is 37.7 Å². The Balaban J connectivity index is 2.10. The number of benzene rings is 1. The Kier molecular flexibility index (Phi) is 4.63. The van der Waals surface area contributed by atoms with Gasteiger partial charge in [0.15, 0.2) is 11.5 Å². The minimum absolute atomic E-state index is 0.471. The first-order valence-electron chi connectivity index (χ1n) is 6.58. The predicted octanol–water partition coefficient (Wildman–Crippen LogP) is 2.04. The average Bonchev–Trinajstić information content (AvgIpc) is 2.75. The molecule has 0 atom stereocenters. The molecule has 2 aromatic rings.